The molecule has 3 nitrogen and oxygen atoms in total. The van der Waals surface area contributed by atoms with E-state index in [2.05, 4.69) is 12.2 Å². The fourth-order valence-corrected chi connectivity index (χ4v) is 4.14. The summed E-state index contributed by atoms with van der Waals surface area (Å²) in [4.78, 5) is 10.5. The molecule has 0 aliphatic heterocycles. The van der Waals surface area contributed by atoms with E-state index in [0.717, 1.165) is 25.7 Å². The van der Waals surface area contributed by atoms with Crippen molar-refractivity contribution in [2.24, 2.45) is 11.8 Å². The number of unbranched alkanes of at least 4 members (excludes halogenated alkanes) is 1. The molecule has 25 heavy (non-hydrogen) atoms. The monoisotopic (exact) mass is 404 g/mol. The molecule has 1 aromatic carbocycles. The largest absolute Gasteiger partial charge is 0.493 e. The minimum Gasteiger partial charge on any atom is -0.493 e. The van der Waals surface area contributed by atoms with Crippen LogP contribution in [-0.4, -0.2) is 23.1 Å². The molecule has 0 spiro atoms. The number of ether oxygens (including phenoxy) is 1. The van der Waals surface area contributed by atoms with Gasteiger partial charge in [-0.25, -0.2) is 0 Å². The molecule has 1 unspecified atom stereocenters. The van der Waals surface area contributed by atoms with E-state index in [-0.39, 0.29) is 11.8 Å². The summed E-state index contributed by atoms with van der Waals surface area (Å²) >= 11 is 18.5. The number of benzene rings is 1. The number of allylic oxidation sites excluding steroid dienone is 2. The first-order valence-corrected chi connectivity index (χ1v) is 9.74. The smallest absolute Gasteiger partial charge is 0.303 e. The Hall–Kier alpha value is -0.900. The number of carboxylic acid groups (broad SMARTS) is 1. The van der Waals surface area contributed by atoms with Gasteiger partial charge in [-0.1, -0.05) is 35.4 Å². The minimum absolute atomic E-state index is 0.153. The number of alkyl halides is 1. The maximum absolute atomic E-state index is 10.5. The Morgan fingerprint density at radius 1 is 1.20 bits per heavy atom. The first-order chi connectivity index (χ1) is 12.0. The van der Waals surface area contributed by atoms with Crippen molar-refractivity contribution in [2.45, 2.75) is 43.9 Å². The highest BCUT2D eigenvalue weighted by molar-refractivity contribution is 6.34. The molecule has 0 radical (unpaired) electrons. The Morgan fingerprint density at radius 2 is 1.92 bits per heavy atom. The van der Waals surface area contributed by atoms with Gasteiger partial charge in [-0.2, -0.15) is 0 Å². The maximum atomic E-state index is 10.5. The van der Waals surface area contributed by atoms with Crippen molar-refractivity contribution in [2.75, 3.05) is 6.61 Å². The highest BCUT2D eigenvalue weighted by atomic mass is 35.5. The lowest BCUT2D eigenvalue weighted by atomic mass is 9.93. The van der Waals surface area contributed by atoms with Crippen LogP contribution in [0.25, 0.3) is 0 Å². The second-order valence-corrected chi connectivity index (χ2v) is 7.86. The van der Waals surface area contributed by atoms with E-state index < -0.39 is 5.97 Å². The van der Waals surface area contributed by atoms with Gasteiger partial charge in [0.15, 0.2) is 0 Å². The lowest BCUT2D eigenvalue weighted by molar-refractivity contribution is -0.137. The number of rotatable bonds is 9. The van der Waals surface area contributed by atoms with Crippen molar-refractivity contribution < 1.29 is 14.6 Å². The summed E-state index contributed by atoms with van der Waals surface area (Å²) in [6, 6.07) is 5.20. The normalized spacial score (nSPS) is 23.2. The van der Waals surface area contributed by atoms with Crippen molar-refractivity contribution in [3.05, 3.63) is 40.4 Å². The van der Waals surface area contributed by atoms with Gasteiger partial charge in [-0.15, -0.1) is 11.6 Å². The highest BCUT2D eigenvalue weighted by Crippen LogP contribution is 2.39. The molecule has 1 aromatic rings. The van der Waals surface area contributed by atoms with Crippen LogP contribution in [0.4, 0.5) is 0 Å². The Labute approximate surface area is 163 Å². The fourth-order valence-electron chi connectivity index (χ4n) is 3.20. The van der Waals surface area contributed by atoms with Crippen molar-refractivity contribution in [3.8, 4) is 5.75 Å². The summed E-state index contributed by atoms with van der Waals surface area (Å²) in [6.07, 6.45) is 8.77. The summed E-state index contributed by atoms with van der Waals surface area (Å²) in [5, 5.41) is 9.90. The standard InChI is InChI=1S/C19H23Cl3O3/c20-14-9-15(21)11-16(10-14)25-12-13-7-8-18(22)17(13)5-3-1-2-4-6-19(23)24/h1,3,9-11,13,17-18H,2,4-8,12H2,(H,23,24)/t13-,17-,18?/m1/s1. The summed E-state index contributed by atoms with van der Waals surface area (Å²) in [5.41, 5.74) is 0. The molecule has 1 saturated carbocycles. The van der Waals surface area contributed by atoms with Gasteiger partial charge in [0, 0.05) is 21.8 Å². The zero-order valence-electron chi connectivity index (χ0n) is 14.0. The van der Waals surface area contributed by atoms with Crippen molar-refractivity contribution in [3.63, 3.8) is 0 Å². The van der Waals surface area contributed by atoms with Crippen LogP contribution >= 0.6 is 34.8 Å². The second-order valence-electron chi connectivity index (χ2n) is 6.43. The van der Waals surface area contributed by atoms with E-state index in [1.807, 2.05) is 0 Å². The number of hydrogen-bond acceptors (Lipinski definition) is 2. The van der Waals surface area contributed by atoms with Gasteiger partial charge >= 0.3 is 5.97 Å². The van der Waals surface area contributed by atoms with Crippen LogP contribution in [0.3, 0.4) is 0 Å². The number of carbonyl (C=O) groups is 1. The third kappa shape index (κ3) is 7.08. The lowest BCUT2D eigenvalue weighted by Gasteiger charge is -2.21. The van der Waals surface area contributed by atoms with Crippen LogP contribution in [0, 0.1) is 11.8 Å². The maximum Gasteiger partial charge on any atom is 0.303 e. The first-order valence-electron chi connectivity index (χ1n) is 8.55. The van der Waals surface area contributed by atoms with E-state index in [4.69, 9.17) is 44.6 Å². The predicted octanol–water partition coefficient (Wildman–Crippen LogP) is 6.21. The number of hydrogen-bond donors (Lipinski definition) is 1. The lowest BCUT2D eigenvalue weighted by Crippen LogP contribution is -2.20. The van der Waals surface area contributed by atoms with E-state index in [0.29, 0.717) is 40.7 Å². The Balaban J connectivity index is 1.81. The Bertz CT molecular complexity index is 583. The highest BCUT2D eigenvalue weighted by Gasteiger charge is 2.34. The molecule has 2 rings (SSSR count). The molecule has 1 aliphatic carbocycles. The van der Waals surface area contributed by atoms with Crippen LogP contribution in [-0.2, 0) is 4.79 Å². The van der Waals surface area contributed by atoms with Gasteiger partial charge in [0.25, 0.3) is 0 Å². The average Bonchev–Trinajstić information content (AvgIpc) is 2.88. The topological polar surface area (TPSA) is 46.5 Å². The molecule has 3 atom stereocenters. The summed E-state index contributed by atoms with van der Waals surface area (Å²) in [7, 11) is 0. The van der Waals surface area contributed by atoms with Crippen LogP contribution < -0.4 is 4.74 Å². The van der Waals surface area contributed by atoms with Crippen molar-refractivity contribution >= 4 is 40.8 Å². The van der Waals surface area contributed by atoms with Crippen LogP contribution in [0.1, 0.15) is 38.5 Å². The molecule has 0 amide bonds. The zero-order valence-corrected chi connectivity index (χ0v) is 16.2. The molecule has 0 aromatic heterocycles. The van der Waals surface area contributed by atoms with E-state index in [1.54, 1.807) is 18.2 Å². The molecular weight excluding hydrogens is 383 g/mol. The van der Waals surface area contributed by atoms with Crippen molar-refractivity contribution in [1.82, 2.24) is 0 Å². The molecule has 1 fully saturated rings. The third-order valence-corrected chi connectivity index (χ3v) is 5.50. The summed E-state index contributed by atoms with van der Waals surface area (Å²) < 4.78 is 5.88. The fraction of sp³-hybridized carbons (Fsp3) is 0.526. The summed E-state index contributed by atoms with van der Waals surface area (Å²) in [5.74, 6) is 0.692. The predicted molar refractivity (Wildman–Crippen MR) is 103 cm³/mol. The van der Waals surface area contributed by atoms with E-state index in [9.17, 15) is 4.79 Å². The van der Waals surface area contributed by atoms with Crippen molar-refractivity contribution in [1.29, 1.82) is 0 Å². The molecule has 1 N–H and O–H groups in total. The molecule has 1 aliphatic rings. The van der Waals surface area contributed by atoms with E-state index >= 15 is 0 Å². The molecule has 6 heteroatoms. The van der Waals surface area contributed by atoms with Crippen LogP contribution in [0.2, 0.25) is 10.0 Å². The summed E-state index contributed by atoms with van der Waals surface area (Å²) in [6.45, 7) is 0.595. The number of carboxylic acids is 1. The Kier molecular flexibility index (Phi) is 8.41. The molecule has 0 heterocycles. The number of aliphatic carboxylic acids is 1. The third-order valence-electron chi connectivity index (χ3n) is 4.52. The minimum atomic E-state index is -0.747. The second kappa shape index (κ2) is 10.3. The van der Waals surface area contributed by atoms with Crippen LogP contribution in [0.5, 0.6) is 5.75 Å². The quantitative estimate of drug-likeness (QED) is 0.302. The van der Waals surface area contributed by atoms with E-state index in [1.165, 1.54) is 0 Å². The van der Waals surface area contributed by atoms with Gasteiger partial charge in [0.1, 0.15) is 5.75 Å². The number of halogens is 3. The molecule has 0 bridgehead atoms. The van der Waals surface area contributed by atoms with Gasteiger partial charge in [0.2, 0.25) is 0 Å². The first kappa shape index (κ1) is 20.4. The van der Waals surface area contributed by atoms with Gasteiger partial charge in [-0.3, -0.25) is 4.79 Å². The average molecular weight is 406 g/mol. The molecular formula is C19H23Cl3O3. The molecule has 0 saturated heterocycles. The van der Waals surface area contributed by atoms with Gasteiger partial charge < -0.3 is 9.84 Å². The zero-order chi connectivity index (χ0) is 18.2. The van der Waals surface area contributed by atoms with Gasteiger partial charge in [-0.05, 0) is 62.1 Å². The van der Waals surface area contributed by atoms with Crippen LogP contribution in [0.15, 0.2) is 30.4 Å². The van der Waals surface area contributed by atoms with Gasteiger partial charge in [0.05, 0.1) is 6.61 Å². The Morgan fingerprint density at radius 3 is 2.60 bits per heavy atom. The SMILES string of the molecule is O=C(O)CCCC=CC[C@H]1C(Cl)CC[C@@H]1COc1cc(Cl)cc(Cl)c1. The molecule has 138 valence electrons.